The molecule has 1 amide bonds. The van der Waals surface area contributed by atoms with Gasteiger partial charge in [0.05, 0.1) is 6.54 Å². The molecule has 1 N–H and O–H groups in total. The van der Waals surface area contributed by atoms with E-state index in [-0.39, 0.29) is 5.91 Å². The van der Waals surface area contributed by atoms with Gasteiger partial charge in [-0.05, 0) is 42.8 Å². The van der Waals surface area contributed by atoms with E-state index in [4.69, 9.17) is 21.1 Å². The molecular formula is C18H18ClNO3. The maximum absolute atomic E-state index is 12.1. The third-order valence-electron chi connectivity index (χ3n) is 3.68. The highest BCUT2D eigenvalue weighted by Gasteiger charge is 2.28. The number of halogens is 1. The lowest BCUT2D eigenvalue weighted by Crippen LogP contribution is -2.39. The van der Waals surface area contributed by atoms with Crippen LogP contribution in [0.5, 0.6) is 11.5 Å². The molecule has 120 valence electrons. The highest BCUT2D eigenvalue weighted by Crippen LogP contribution is 2.31. The van der Waals surface area contributed by atoms with Gasteiger partial charge in [-0.3, -0.25) is 4.79 Å². The van der Waals surface area contributed by atoms with Gasteiger partial charge in [-0.15, -0.1) is 0 Å². The Hall–Kier alpha value is -2.20. The molecule has 0 bridgehead atoms. The van der Waals surface area contributed by atoms with Crippen molar-refractivity contribution in [1.82, 2.24) is 5.32 Å². The Bertz CT molecular complexity index is 700. The molecule has 0 aliphatic carbocycles. The molecule has 3 rings (SSSR count). The smallest absolute Gasteiger partial charge is 0.261 e. The van der Waals surface area contributed by atoms with Crippen molar-refractivity contribution in [2.45, 2.75) is 19.4 Å². The summed E-state index contributed by atoms with van der Waals surface area (Å²) >= 11 is 5.95. The number of nitrogens with one attached hydrogen (secondary N) is 1. The first-order valence-electron chi connectivity index (χ1n) is 7.54. The number of amides is 1. The summed E-state index contributed by atoms with van der Waals surface area (Å²) in [5.41, 5.74) is 2.15. The second-order valence-corrected chi connectivity index (χ2v) is 5.95. The molecule has 4 nitrogen and oxygen atoms in total. The second kappa shape index (κ2) is 6.92. The first kappa shape index (κ1) is 15.7. The van der Waals surface area contributed by atoms with Gasteiger partial charge in [-0.2, -0.15) is 0 Å². The Morgan fingerprint density at radius 1 is 1.30 bits per heavy atom. The summed E-state index contributed by atoms with van der Waals surface area (Å²) in [4.78, 5) is 12.1. The van der Waals surface area contributed by atoms with Crippen LogP contribution in [0.2, 0.25) is 5.02 Å². The lowest BCUT2D eigenvalue weighted by Gasteiger charge is -2.12. The Balaban J connectivity index is 1.43. The fourth-order valence-corrected chi connectivity index (χ4v) is 2.65. The summed E-state index contributed by atoms with van der Waals surface area (Å²) in [5.74, 6) is 1.39. The lowest BCUT2D eigenvalue weighted by molar-refractivity contribution is -0.127. The molecule has 1 atom stereocenters. The van der Waals surface area contributed by atoms with Crippen LogP contribution in [-0.2, 0) is 11.2 Å². The predicted molar refractivity (Wildman–Crippen MR) is 89.3 cm³/mol. The van der Waals surface area contributed by atoms with Gasteiger partial charge in [0.15, 0.2) is 6.10 Å². The zero-order valence-electron chi connectivity index (χ0n) is 12.8. The van der Waals surface area contributed by atoms with Crippen molar-refractivity contribution in [2.75, 3.05) is 13.2 Å². The van der Waals surface area contributed by atoms with E-state index in [1.165, 1.54) is 5.56 Å². The zero-order valence-corrected chi connectivity index (χ0v) is 13.6. The van der Waals surface area contributed by atoms with E-state index in [1.807, 2.05) is 37.3 Å². The first-order valence-corrected chi connectivity index (χ1v) is 7.92. The van der Waals surface area contributed by atoms with E-state index in [0.29, 0.717) is 24.6 Å². The molecule has 0 saturated heterocycles. The fraction of sp³-hybridized carbons (Fsp3) is 0.278. The number of carbonyl (C=O) groups is 1. The number of ether oxygens (including phenoxy) is 2. The molecule has 0 spiro atoms. The lowest BCUT2D eigenvalue weighted by atomic mass is 10.1. The SMILES string of the molecule is Cc1ccc(OCCNC(=O)[C@@H]2Cc3cc(Cl)ccc3O2)cc1. The Labute approximate surface area is 140 Å². The van der Waals surface area contributed by atoms with Crippen molar-refractivity contribution in [3.8, 4) is 11.5 Å². The molecule has 1 aliphatic rings. The van der Waals surface area contributed by atoms with Crippen LogP contribution in [0.1, 0.15) is 11.1 Å². The first-order chi connectivity index (χ1) is 11.1. The summed E-state index contributed by atoms with van der Waals surface area (Å²) in [6.45, 7) is 2.88. The molecule has 0 radical (unpaired) electrons. The van der Waals surface area contributed by atoms with E-state index in [0.717, 1.165) is 17.1 Å². The molecule has 0 aromatic heterocycles. The zero-order chi connectivity index (χ0) is 16.2. The standard InChI is InChI=1S/C18H18ClNO3/c1-12-2-5-15(6-3-12)22-9-8-20-18(21)17-11-13-10-14(19)4-7-16(13)23-17/h2-7,10,17H,8-9,11H2,1H3,(H,20,21)/t17-/m0/s1. The van der Waals surface area contributed by atoms with Crippen molar-refractivity contribution < 1.29 is 14.3 Å². The summed E-state index contributed by atoms with van der Waals surface area (Å²) in [6, 6.07) is 13.2. The van der Waals surface area contributed by atoms with E-state index < -0.39 is 6.10 Å². The van der Waals surface area contributed by atoms with Crippen LogP contribution in [0.3, 0.4) is 0 Å². The summed E-state index contributed by atoms with van der Waals surface area (Å²) < 4.78 is 11.2. The van der Waals surface area contributed by atoms with Crippen molar-refractivity contribution >= 4 is 17.5 Å². The van der Waals surface area contributed by atoms with Gasteiger partial charge in [0.2, 0.25) is 0 Å². The monoisotopic (exact) mass is 331 g/mol. The fourth-order valence-electron chi connectivity index (χ4n) is 2.45. The normalized spacial score (nSPS) is 15.7. The quantitative estimate of drug-likeness (QED) is 0.856. The Morgan fingerprint density at radius 3 is 2.87 bits per heavy atom. The third-order valence-corrected chi connectivity index (χ3v) is 3.92. The number of fused-ring (bicyclic) bond motifs is 1. The second-order valence-electron chi connectivity index (χ2n) is 5.52. The minimum Gasteiger partial charge on any atom is -0.492 e. The predicted octanol–water partition coefficient (Wildman–Crippen LogP) is 3.15. The van der Waals surface area contributed by atoms with Gasteiger partial charge >= 0.3 is 0 Å². The van der Waals surface area contributed by atoms with E-state index in [9.17, 15) is 4.79 Å². The molecule has 0 saturated carbocycles. The maximum Gasteiger partial charge on any atom is 0.261 e. The average molecular weight is 332 g/mol. The van der Waals surface area contributed by atoms with Gasteiger partial charge in [-0.1, -0.05) is 29.3 Å². The Kier molecular flexibility index (Phi) is 4.72. The van der Waals surface area contributed by atoms with Crippen LogP contribution in [0.25, 0.3) is 0 Å². The highest BCUT2D eigenvalue weighted by molar-refractivity contribution is 6.30. The topological polar surface area (TPSA) is 47.6 Å². The minimum absolute atomic E-state index is 0.134. The van der Waals surface area contributed by atoms with Crippen LogP contribution in [-0.4, -0.2) is 25.2 Å². The molecule has 1 heterocycles. The summed E-state index contributed by atoms with van der Waals surface area (Å²) in [7, 11) is 0. The van der Waals surface area contributed by atoms with Crippen LogP contribution in [0, 0.1) is 6.92 Å². The third kappa shape index (κ3) is 3.96. The van der Waals surface area contributed by atoms with Crippen molar-refractivity contribution in [3.05, 3.63) is 58.6 Å². The number of benzene rings is 2. The van der Waals surface area contributed by atoms with E-state index in [2.05, 4.69) is 5.32 Å². The molecule has 1 aliphatic heterocycles. The number of hydrogen-bond acceptors (Lipinski definition) is 3. The number of aryl methyl sites for hydroxylation is 1. The molecule has 23 heavy (non-hydrogen) atoms. The number of carbonyl (C=O) groups excluding carboxylic acids is 1. The van der Waals surface area contributed by atoms with Crippen molar-refractivity contribution in [3.63, 3.8) is 0 Å². The Morgan fingerprint density at radius 2 is 2.09 bits per heavy atom. The van der Waals surface area contributed by atoms with E-state index >= 15 is 0 Å². The van der Waals surface area contributed by atoms with Crippen LogP contribution in [0.4, 0.5) is 0 Å². The van der Waals surface area contributed by atoms with Gasteiger partial charge in [0.1, 0.15) is 18.1 Å². The van der Waals surface area contributed by atoms with Crippen LogP contribution < -0.4 is 14.8 Å². The van der Waals surface area contributed by atoms with Crippen LogP contribution >= 0.6 is 11.6 Å². The molecule has 0 unspecified atom stereocenters. The molecule has 2 aromatic rings. The molecular weight excluding hydrogens is 314 g/mol. The summed E-state index contributed by atoms with van der Waals surface area (Å²) in [6.07, 6.45) is 0.0448. The number of hydrogen-bond donors (Lipinski definition) is 1. The van der Waals surface area contributed by atoms with Crippen molar-refractivity contribution in [1.29, 1.82) is 0 Å². The van der Waals surface area contributed by atoms with E-state index in [1.54, 1.807) is 12.1 Å². The minimum atomic E-state index is -0.497. The van der Waals surface area contributed by atoms with Gasteiger partial charge in [0, 0.05) is 11.4 Å². The van der Waals surface area contributed by atoms with Crippen molar-refractivity contribution in [2.24, 2.45) is 0 Å². The van der Waals surface area contributed by atoms with Crippen LogP contribution in [0.15, 0.2) is 42.5 Å². The van der Waals surface area contributed by atoms with Gasteiger partial charge in [0.25, 0.3) is 5.91 Å². The number of rotatable bonds is 5. The molecule has 5 heteroatoms. The average Bonchev–Trinajstić information content (AvgIpc) is 2.96. The highest BCUT2D eigenvalue weighted by atomic mass is 35.5. The van der Waals surface area contributed by atoms with Gasteiger partial charge < -0.3 is 14.8 Å². The summed E-state index contributed by atoms with van der Waals surface area (Å²) in [5, 5.41) is 3.49. The van der Waals surface area contributed by atoms with Gasteiger partial charge in [-0.25, -0.2) is 0 Å². The molecule has 2 aromatic carbocycles. The maximum atomic E-state index is 12.1. The largest absolute Gasteiger partial charge is 0.492 e. The molecule has 0 fully saturated rings.